The van der Waals surface area contributed by atoms with Crippen molar-refractivity contribution in [2.24, 2.45) is 4.99 Å². The first-order valence-electron chi connectivity index (χ1n) is 14.5. The van der Waals surface area contributed by atoms with Gasteiger partial charge in [0.15, 0.2) is 4.80 Å². The molecule has 0 radical (unpaired) electrons. The number of methoxy groups -OCH3 is 2. The van der Waals surface area contributed by atoms with E-state index in [1.807, 2.05) is 48.5 Å². The monoisotopic (exact) mass is 620 g/mol. The van der Waals surface area contributed by atoms with Crippen LogP contribution < -0.4 is 29.1 Å². The third-order valence-corrected chi connectivity index (χ3v) is 8.66. The molecule has 4 aromatic carbocycles. The maximum Gasteiger partial charge on any atom is 0.338 e. The zero-order chi connectivity index (χ0) is 31.5. The Labute approximate surface area is 264 Å². The topological polar surface area (TPSA) is 88.4 Å². The van der Waals surface area contributed by atoms with Crippen LogP contribution in [0, 0.1) is 0 Å². The lowest BCUT2D eigenvalue weighted by atomic mass is 9.94. The van der Waals surface area contributed by atoms with Gasteiger partial charge in [0.05, 0.1) is 36.6 Å². The molecule has 9 heteroatoms. The number of thiazole rings is 1. The lowest BCUT2D eigenvalue weighted by molar-refractivity contribution is -0.139. The highest BCUT2D eigenvalue weighted by molar-refractivity contribution is 7.07. The van der Waals surface area contributed by atoms with Gasteiger partial charge in [-0.05, 0) is 72.2 Å². The van der Waals surface area contributed by atoms with Crippen molar-refractivity contribution in [3.05, 3.63) is 133 Å². The molecule has 1 atom stereocenters. The van der Waals surface area contributed by atoms with Gasteiger partial charge in [-0.15, -0.1) is 0 Å². The van der Waals surface area contributed by atoms with Crippen LogP contribution in [0.25, 0.3) is 16.8 Å². The van der Waals surface area contributed by atoms with Gasteiger partial charge >= 0.3 is 5.97 Å². The maximum absolute atomic E-state index is 14.1. The van der Waals surface area contributed by atoms with E-state index in [0.717, 1.165) is 21.9 Å². The number of esters is 1. The summed E-state index contributed by atoms with van der Waals surface area (Å²) in [6, 6.07) is 26.5. The minimum Gasteiger partial charge on any atom is -0.497 e. The minimum absolute atomic E-state index is 0.181. The molecule has 8 nitrogen and oxygen atoms in total. The van der Waals surface area contributed by atoms with E-state index in [0.29, 0.717) is 44.4 Å². The Balaban J connectivity index is 1.40. The molecule has 0 N–H and O–H groups in total. The lowest BCUT2D eigenvalue weighted by Crippen LogP contribution is -2.40. The van der Waals surface area contributed by atoms with Crippen LogP contribution in [-0.2, 0) is 16.1 Å². The van der Waals surface area contributed by atoms with Gasteiger partial charge < -0.3 is 18.9 Å². The number of hydrogen-bond acceptors (Lipinski definition) is 8. The standard InChI is InChI=1S/C36H32N2O6S/c1-5-43-35(40)32-22(2)37-36-38(33(32)29-20-26(41-3)16-17-30(29)42-4)34(39)31(45-36)19-23-10-8-14-27(18-23)44-21-25-13-9-12-24-11-6-7-15-28(24)25/h6-20,33H,5,21H2,1-4H3/b31-19-/t33-/m1/s1. The highest BCUT2D eigenvalue weighted by atomic mass is 32.1. The van der Waals surface area contributed by atoms with Crippen molar-refractivity contribution in [1.29, 1.82) is 0 Å². The van der Waals surface area contributed by atoms with Crippen LogP contribution in [0.3, 0.4) is 0 Å². The first-order chi connectivity index (χ1) is 21.9. The predicted molar refractivity (Wildman–Crippen MR) is 175 cm³/mol. The molecule has 0 spiro atoms. The van der Waals surface area contributed by atoms with Crippen LogP contribution in [0.4, 0.5) is 0 Å². The number of ether oxygens (including phenoxy) is 4. The molecule has 2 heterocycles. The fraction of sp³-hybridized carbons (Fsp3) is 0.194. The second-order valence-electron chi connectivity index (χ2n) is 10.4. The van der Waals surface area contributed by atoms with E-state index in [1.54, 1.807) is 46.3 Å². The number of hydrogen-bond donors (Lipinski definition) is 0. The molecule has 0 saturated carbocycles. The van der Waals surface area contributed by atoms with E-state index in [-0.39, 0.29) is 17.7 Å². The average Bonchev–Trinajstić information content (AvgIpc) is 3.36. The normalized spacial score (nSPS) is 14.6. The molecule has 0 bridgehead atoms. The first kappa shape index (κ1) is 29.9. The predicted octanol–water partition coefficient (Wildman–Crippen LogP) is 5.55. The van der Waals surface area contributed by atoms with Crippen molar-refractivity contribution in [1.82, 2.24) is 4.57 Å². The molecule has 0 saturated heterocycles. The highest BCUT2D eigenvalue weighted by Gasteiger charge is 2.35. The third kappa shape index (κ3) is 5.86. The molecule has 0 aliphatic carbocycles. The van der Waals surface area contributed by atoms with Gasteiger partial charge in [-0.2, -0.15) is 0 Å². The lowest BCUT2D eigenvalue weighted by Gasteiger charge is -2.26. The zero-order valence-corrected chi connectivity index (χ0v) is 26.2. The Morgan fingerprint density at radius 2 is 1.76 bits per heavy atom. The van der Waals surface area contributed by atoms with Gasteiger partial charge in [0.25, 0.3) is 5.56 Å². The van der Waals surface area contributed by atoms with E-state index < -0.39 is 12.0 Å². The number of carbonyl (C=O) groups excluding carboxylic acids is 1. The number of benzene rings is 4. The summed E-state index contributed by atoms with van der Waals surface area (Å²) in [7, 11) is 3.11. The summed E-state index contributed by atoms with van der Waals surface area (Å²) in [5, 5.41) is 2.31. The smallest absolute Gasteiger partial charge is 0.338 e. The van der Waals surface area contributed by atoms with Gasteiger partial charge in [0.2, 0.25) is 0 Å². The number of carbonyl (C=O) groups is 1. The van der Waals surface area contributed by atoms with Crippen molar-refractivity contribution in [3.8, 4) is 17.2 Å². The van der Waals surface area contributed by atoms with E-state index in [1.165, 1.54) is 15.9 Å². The summed E-state index contributed by atoms with van der Waals surface area (Å²) in [4.78, 5) is 32.6. The Kier molecular flexibility index (Phi) is 8.53. The summed E-state index contributed by atoms with van der Waals surface area (Å²) in [6.07, 6.45) is 1.82. The van der Waals surface area contributed by atoms with Crippen LogP contribution in [0.5, 0.6) is 17.2 Å². The van der Waals surface area contributed by atoms with E-state index in [4.69, 9.17) is 18.9 Å². The zero-order valence-electron chi connectivity index (χ0n) is 25.4. The number of nitrogens with zero attached hydrogens (tertiary/aromatic N) is 2. The van der Waals surface area contributed by atoms with Crippen molar-refractivity contribution < 1.29 is 23.7 Å². The fourth-order valence-electron chi connectivity index (χ4n) is 5.56. The van der Waals surface area contributed by atoms with Crippen molar-refractivity contribution in [3.63, 3.8) is 0 Å². The summed E-state index contributed by atoms with van der Waals surface area (Å²) < 4.78 is 24.8. The van der Waals surface area contributed by atoms with Crippen molar-refractivity contribution >= 4 is 34.2 Å². The number of allylic oxidation sites excluding steroid dienone is 1. The second-order valence-corrected chi connectivity index (χ2v) is 11.4. The molecular formula is C36H32N2O6S. The van der Waals surface area contributed by atoms with Gasteiger partial charge in [0, 0.05) is 5.56 Å². The summed E-state index contributed by atoms with van der Waals surface area (Å²) in [6.45, 7) is 4.08. The molecule has 0 unspecified atom stereocenters. The summed E-state index contributed by atoms with van der Waals surface area (Å²) in [5.74, 6) is 1.21. The van der Waals surface area contributed by atoms with Gasteiger partial charge in [-0.3, -0.25) is 9.36 Å². The summed E-state index contributed by atoms with van der Waals surface area (Å²) >= 11 is 1.26. The Morgan fingerprint density at radius 3 is 2.56 bits per heavy atom. The van der Waals surface area contributed by atoms with Crippen LogP contribution in [0.1, 0.15) is 36.6 Å². The number of aromatic nitrogens is 1. The molecule has 45 heavy (non-hydrogen) atoms. The maximum atomic E-state index is 14.1. The molecule has 1 aliphatic heterocycles. The van der Waals surface area contributed by atoms with Crippen LogP contribution in [0.2, 0.25) is 0 Å². The molecule has 6 rings (SSSR count). The SMILES string of the molecule is CCOC(=O)C1=C(C)N=c2s/c(=C\c3cccc(OCc4cccc5ccccc45)c3)c(=O)n2[C@@H]1c1cc(OC)ccc1OC. The minimum atomic E-state index is -0.831. The molecule has 228 valence electrons. The highest BCUT2D eigenvalue weighted by Crippen LogP contribution is 2.37. The van der Waals surface area contributed by atoms with Gasteiger partial charge in [-0.1, -0.05) is 65.9 Å². The molecule has 1 aromatic heterocycles. The van der Waals surface area contributed by atoms with Crippen LogP contribution in [-0.4, -0.2) is 31.4 Å². The molecule has 5 aromatic rings. The van der Waals surface area contributed by atoms with E-state index in [2.05, 4.69) is 29.3 Å². The number of rotatable bonds is 9. The van der Waals surface area contributed by atoms with Crippen LogP contribution >= 0.6 is 11.3 Å². The quantitative estimate of drug-likeness (QED) is 0.201. The van der Waals surface area contributed by atoms with E-state index >= 15 is 0 Å². The van der Waals surface area contributed by atoms with Crippen molar-refractivity contribution in [2.45, 2.75) is 26.5 Å². The Bertz CT molecular complexity index is 2120. The number of fused-ring (bicyclic) bond motifs is 2. The fourth-order valence-corrected chi connectivity index (χ4v) is 6.61. The van der Waals surface area contributed by atoms with Gasteiger partial charge in [0.1, 0.15) is 29.9 Å². The van der Waals surface area contributed by atoms with E-state index in [9.17, 15) is 9.59 Å². The van der Waals surface area contributed by atoms with Crippen LogP contribution in [0.15, 0.2) is 106 Å². The first-order valence-corrected chi connectivity index (χ1v) is 15.3. The van der Waals surface area contributed by atoms with Gasteiger partial charge in [-0.25, -0.2) is 9.79 Å². The largest absolute Gasteiger partial charge is 0.497 e. The molecular weight excluding hydrogens is 588 g/mol. The Morgan fingerprint density at radius 1 is 0.956 bits per heavy atom. The van der Waals surface area contributed by atoms with Crippen molar-refractivity contribution in [2.75, 3.05) is 20.8 Å². The average molecular weight is 621 g/mol. The Hall–Kier alpha value is -5.15. The molecule has 0 amide bonds. The summed E-state index contributed by atoms with van der Waals surface area (Å²) in [5.41, 5.74) is 2.93. The molecule has 0 fully saturated rings. The third-order valence-electron chi connectivity index (χ3n) is 7.68. The molecule has 1 aliphatic rings. The second kappa shape index (κ2) is 12.8.